The van der Waals surface area contributed by atoms with E-state index in [0.717, 1.165) is 4.68 Å². The third-order valence-corrected chi connectivity index (χ3v) is 3.25. The summed E-state index contributed by atoms with van der Waals surface area (Å²) in [6, 6.07) is 5.18. The molecule has 7 nitrogen and oxygen atoms in total. The van der Waals surface area contributed by atoms with Gasteiger partial charge in [0, 0.05) is 6.42 Å². The summed E-state index contributed by atoms with van der Waals surface area (Å²) < 4.78 is 19.2. The van der Waals surface area contributed by atoms with Crippen LogP contribution in [0.2, 0.25) is 0 Å². The van der Waals surface area contributed by atoms with E-state index < -0.39 is 16.7 Å². The summed E-state index contributed by atoms with van der Waals surface area (Å²) in [5, 5.41) is 15.7. The fourth-order valence-corrected chi connectivity index (χ4v) is 2.32. The Morgan fingerprint density at radius 1 is 1.38 bits per heavy atom. The molecule has 0 spiro atoms. The molecule has 8 heteroatoms. The van der Waals surface area contributed by atoms with Crippen molar-refractivity contribution in [3.05, 3.63) is 51.6 Å². The number of esters is 1. The van der Waals surface area contributed by atoms with E-state index in [1.807, 2.05) is 13.8 Å². The minimum absolute atomic E-state index is 0.0735. The zero-order chi connectivity index (χ0) is 17.9. The van der Waals surface area contributed by atoms with Crippen LogP contribution in [-0.4, -0.2) is 27.3 Å². The highest BCUT2D eigenvalue weighted by atomic mass is 19.1. The van der Waals surface area contributed by atoms with Gasteiger partial charge in [-0.1, -0.05) is 13.8 Å². The minimum atomic E-state index is -0.837. The van der Waals surface area contributed by atoms with E-state index in [2.05, 4.69) is 5.10 Å². The number of ether oxygens (including phenoxy) is 1. The highest BCUT2D eigenvalue weighted by Crippen LogP contribution is 2.29. The zero-order valence-corrected chi connectivity index (χ0v) is 13.7. The third kappa shape index (κ3) is 3.58. The highest BCUT2D eigenvalue weighted by Gasteiger charge is 2.34. The number of carbonyl (C=O) groups excluding carboxylic acids is 1. The second-order valence-electron chi connectivity index (χ2n) is 5.61. The Morgan fingerprint density at radius 2 is 2.00 bits per heavy atom. The summed E-state index contributed by atoms with van der Waals surface area (Å²) >= 11 is 0. The van der Waals surface area contributed by atoms with Gasteiger partial charge in [0.1, 0.15) is 11.5 Å². The van der Waals surface area contributed by atoms with E-state index in [9.17, 15) is 19.3 Å². The first-order valence-corrected chi connectivity index (χ1v) is 7.54. The lowest BCUT2D eigenvalue weighted by molar-refractivity contribution is -0.386. The van der Waals surface area contributed by atoms with Crippen molar-refractivity contribution in [1.82, 2.24) is 9.78 Å². The van der Waals surface area contributed by atoms with Crippen molar-refractivity contribution < 1.29 is 18.8 Å². The molecule has 0 aliphatic rings. The van der Waals surface area contributed by atoms with Crippen LogP contribution in [0.5, 0.6) is 0 Å². The third-order valence-electron chi connectivity index (χ3n) is 3.25. The number of nitrogens with zero attached hydrogens (tertiary/aromatic N) is 3. The van der Waals surface area contributed by atoms with Crippen LogP contribution < -0.4 is 0 Å². The molecule has 2 aromatic rings. The van der Waals surface area contributed by atoms with Crippen LogP contribution in [0.1, 0.15) is 37.0 Å². The quantitative estimate of drug-likeness (QED) is 0.459. The summed E-state index contributed by atoms with van der Waals surface area (Å²) in [7, 11) is 0. The van der Waals surface area contributed by atoms with Crippen molar-refractivity contribution in [3.63, 3.8) is 0 Å². The average molecular weight is 335 g/mol. The Bertz CT molecular complexity index is 753. The van der Waals surface area contributed by atoms with Crippen molar-refractivity contribution in [2.75, 3.05) is 6.61 Å². The van der Waals surface area contributed by atoms with Crippen LogP contribution in [0.3, 0.4) is 0 Å². The second kappa shape index (κ2) is 7.20. The molecule has 0 unspecified atom stereocenters. The molecule has 0 aliphatic carbocycles. The van der Waals surface area contributed by atoms with Gasteiger partial charge in [0.15, 0.2) is 0 Å². The first-order valence-electron chi connectivity index (χ1n) is 7.54. The van der Waals surface area contributed by atoms with Gasteiger partial charge in [-0.2, -0.15) is 5.10 Å². The van der Waals surface area contributed by atoms with Crippen LogP contribution in [-0.2, 0) is 11.2 Å². The lowest BCUT2D eigenvalue weighted by Crippen LogP contribution is -2.13. The monoisotopic (exact) mass is 335 g/mol. The molecule has 0 N–H and O–H groups in total. The Labute approximate surface area is 138 Å². The van der Waals surface area contributed by atoms with Crippen molar-refractivity contribution in [3.8, 4) is 5.69 Å². The lowest BCUT2D eigenvalue weighted by atomic mass is 10.1. The predicted molar refractivity (Wildman–Crippen MR) is 84.7 cm³/mol. The molecule has 0 radical (unpaired) electrons. The van der Waals surface area contributed by atoms with E-state index in [0.29, 0.717) is 12.1 Å². The molecular formula is C16H18FN3O4. The maximum atomic E-state index is 13.1. The van der Waals surface area contributed by atoms with Gasteiger partial charge in [-0.25, -0.2) is 13.9 Å². The molecule has 24 heavy (non-hydrogen) atoms. The fourth-order valence-electron chi connectivity index (χ4n) is 2.32. The number of aromatic nitrogens is 2. The smallest absolute Gasteiger partial charge is 0.364 e. The average Bonchev–Trinajstić information content (AvgIpc) is 2.87. The van der Waals surface area contributed by atoms with E-state index >= 15 is 0 Å². The molecule has 0 atom stereocenters. The standard InChI is InChI=1S/C16H18FN3O4/c1-4-24-16(21)15-14(20(22)23)13(9-10(2)3)18-19(15)12-7-5-11(17)6-8-12/h5-8,10H,4,9H2,1-3H3. The SMILES string of the molecule is CCOC(=O)c1c([N+](=O)[O-])c(CC(C)C)nn1-c1ccc(F)cc1. The molecule has 1 aromatic carbocycles. The van der Waals surface area contributed by atoms with Gasteiger partial charge < -0.3 is 4.74 Å². The number of nitro groups is 1. The Morgan fingerprint density at radius 3 is 2.50 bits per heavy atom. The molecule has 1 heterocycles. The normalized spacial score (nSPS) is 10.9. The van der Waals surface area contributed by atoms with Crippen molar-refractivity contribution in [2.24, 2.45) is 5.92 Å². The fraction of sp³-hybridized carbons (Fsp3) is 0.375. The number of hydrogen-bond donors (Lipinski definition) is 0. The van der Waals surface area contributed by atoms with Crippen LogP contribution in [0.15, 0.2) is 24.3 Å². The molecule has 128 valence electrons. The number of hydrogen-bond acceptors (Lipinski definition) is 5. The summed E-state index contributed by atoms with van der Waals surface area (Å²) in [4.78, 5) is 23.2. The highest BCUT2D eigenvalue weighted by molar-refractivity contribution is 5.93. The Hall–Kier alpha value is -2.77. The maximum absolute atomic E-state index is 13.1. The van der Waals surface area contributed by atoms with Crippen molar-refractivity contribution >= 4 is 11.7 Å². The molecule has 0 fully saturated rings. The second-order valence-corrected chi connectivity index (χ2v) is 5.61. The first kappa shape index (κ1) is 17.6. The van der Waals surface area contributed by atoms with Gasteiger partial charge in [0.25, 0.3) is 0 Å². The summed E-state index contributed by atoms with van der Waals surface area (Å²) in [5.74, 6) is -1.19. The summed E-state index contributed by atoms with van der Waals surface area (Å²) in [6.45, 7) is 5.47. The zero-order valence-electron chi connectivity index (χ0n) is 13.7. The van der Waals surface area contributed by atoms with Gasteiger partial charge in [-0.15, -0.1) is 0 Å². The molecule has 1 aromatic heterocycles. The molecule has 0 bridgehead atoms. The predicted octanol–water partition coefficient (Wildman–Crippen LogP) is 3.29. The van der Waals surface area contributed by atoms with Crippen molar-refractivity contribution in [1.29, 1.82) is 0 Å². The lowest BCUT2D eigenvalue weighted by Gasteiger charge is -2.06. The van der Waals surface area contributed by atoms with Crippen LogP contribution in [0, 0.1) is 21.8 Å². The number of benzene rings is 1. The molecule has 0 amide bonds. The molecule has 2 rings (SSSR count). The molecule has 0 aliphatic heterocycles. The van der Waals surface area contributed by atoms with E-state index in [1.54, 1.807) is 6.92 Å². The van der Waals surface area contributed by atoms with Gasteiger partial charge in [-0.3, -0.25) is 10.1 Å². The van der Waals surface area contributed by atoms with E-state index in [4.69, 9.17) is 4.74 Å². The summed E-state index contributed by atoms with van der Waals surface area (Å²) in [6.07, 6.45) is 0.330. The first-order chi connectivity index (χ1) is 11.3. The molecular weight excluding hydrogens is 317 g/mol. The molecule has 0 saturated carbocycles. The minimum Gasteiger partial charge on any atom is -0.461 e. The number of rotatable bonds is 6. The van der Waals surface area contributed by atoms with Gasteiger partial charge >= 0.3 is 11.7 Å². The van der Waals surface area contributed by atoms with Crippen LogP contribution >= 0.6 is 0 Å². The molecule has 0 saturated heterocycles. The largest absolute Gasteiger partial charge is 0.461 e. The Kier molecular flexibility index (Phi) is 5.28. The van der Waals surface area contributed by atoms with E-state index in [1.165, 1.54) is 24.3 Å². The number of halogens is 1. The van der Waals surface area contributed by atoms with Crippen molar-refractivity contribution in [2.45, 2.75) is 27.2 Å². The topological polar surface area (TPSA) is 87.3 Å². The van der Waals surface area contributed by atoms with Gasteiger partial charge in [-0.05, 0) is 37.1 Å². The van der Waals surface area contributed by atoms with Gasteiger partial charge in [0.05, 0.1) is 17.2 Å². The summed E-state index contributed by atoms with van der Waals surface area (Å²) in [5.41, 5.74) is -0.0875. The Balaban J connectivity index is 2.69. The van der Waals surface area contributed by atoms with E-state index in [-0.39, 0.29) is 29.6 Å². The van der Waals surface area contributed by atoms with Gasteiger partial charge in [0.2, 0.25) is 5.69 Å². The number of carbonyl (C=O) groups is 1. The van der Waals surface area contributed by atoms with Crippen LogP contribution in [0.25, 0.3) is 5.69 Å². The van der Waals surface area contributed by atoms with Crippen LogP contribution in [0.4, 0.5) is 10.1 Å². The maximum Gasteiger partial charge on any atom is 0.364 e.